The van der Waals surface area contributed by atoms with Crippen LogP contribution in [0.1, 0.15) is 12.8 Å². The fourth-order valence-corrected chi connectivity index (χ4v) is 1.27. The first kappa shape index (κ1) is 13.7. The molecular formula is C8H8F5NO3. The summed E-state index contributed by atoms with van der Waals surface area (Å²) in [5, 5.41) is 9.68. The Kier molecular flexibility index (Phi) is 3.30. The molecule has 1 amide bonds. The zero-order chi connectivity index (χ0) is 13.4. The van der Waals surface area contributed by atoms with E-state index < -0.39 is 48.8 Å². The first-order valence-corrected chi connectivity index (χ1v) is 4.52. The Labute approximate surface area is 91.8 Å². The summed E-state index contributed by atoms with van der Waals surface area (Å²) in [6.07, 6.45) is -6.53. The molecule has 2 N–H and O–H groups in total. The minimum atomic E-state index is -5.24. The molecule has 0 aliphatic heterocycles. The molecule has 1 aliphatic carbocycles. The fourth-order valence-electron chi connectivity index (χ4n) is 1.27. The molecule has 1 unspecified atom stereocenters. The van der Waals surface area contributed by atoms with Crippen molar-refractivity contribution in [3.63, 3.8) is 0 Å². The molecular weight excluding hydrogens is 253 g/mol. The summed E-state index contributed by atoms with van der Waals surface area (Å²) in [7, 11) is 0. The zero-order valence-electron chi connectivity index (χ0n) is 8.22. The van der Waals surface area contributed by atoms with Gasteiger partial charge in [0, 0.05) is 12.3 Å². The number of nitrogens with one attached hydrogen (secondary N) is 1. The summed E-state index contributed by atoms with van der Waals surface area (Å²) in [5.74, 6) is -8.56. The predicted molar refractivity (Wildman–Crippen MR) is 43.3 cm³/mol. The Morgan fingerprint density at radius 1 is 1.41 bits per heavy atom. The minimum absolute atomic E-state index is 0.571. The van der Waals surface area contributed by atoms with Gasteiger partial charge in [0.15, 0.2) is 0 Å². The maximum Gasteiger partial charge on any atom is 0.471 e. The number of carbonyl (C=O) groups excluding carboxylic acids is 1. The molecule has 9 heteroatoms. The van der Waals surface area contributed by atoms with Crippen molar-refractivity contribution in [2.24, 2.45) is 5.92 Å². The van der Waals surface area contributed by atoms with Gasteiger partial charge in [0.05, 0.1) is 0 Å². The molecule has 1 aliphatic rings. The van der Waals surface area contributed by atoms with E-state index in [0.29, 0.717) is 0 Å². The van der Waals surface area contributed by atoms with Gasteiger partial charge in [-0.05, 0) is 6.42 Å². The SMILES string of the molecule is O=C(O)[C@@H](CC1CC1(F)F)NC(=O)C(F)(F)F. The number of carbonyl (C=O) groups is 2. The second-order valence-electron chi connectivity index (χ2n) is 3.76. The van der Waals surface area contributed by atoms with Crippen molar-refractivity contribution >= 4 is 11.9 Å². The fraction of sp³-hybridized carbons (Fsp3) is 0.750. The van der Waals surface area contributed by atoms with E-state index in [1.54, 1.807) is 0 Å². The molecule has 98 valence electrons. The number of alkyl halides is 5. The van der Waals surface area contributed by atoms with E-state index in [4.69, 9.17) is 5.11 Å². The lowest BCUT2D eigenvalue weighted by atomic mass is 10.1. The predicted octanol–water partition coefficient (Wildman–Crippen LogP) is 1.16. The lowest BCUT2D eigenvalue weighted by molar-refractivity contribution is -0.175. The van der Waals surface area contributed by atoms with E-state index in [0.717, 1.165) is 0 Å². The van der Waals surface area contributed by atoms with Crippen LogP contribution in [0.2, 0.25) is 0 Å². The van der Waals surface area contributed by atoms with Crippen molar-refractivity contribution in [1.29, 1.82) is 0 Å². The molecule has 0 bridgehead atoms. The molecule has 4 nitrogen and oxygen atoms in total. The van der Waals surface area contributed by atoms with Crippen LogP contribution in [0, 0.1) is 5.92 Å². The third kappa shape index (κ3) is 3.53. The molecule has 0 spiro atoms. The number of carboxylic acid groups (broad SMARTS) is 1. The minimum Gasteiger partial charge on any atom is -0.480 e. The van der Waals surface area contributed by atoms with Crippen molar-refractivity contribution in [1.82, 2.24) is 5.32 Å². The van der Waals surface area contributed by atoms with Gasteiger partial charge < -0.3 is 10.4 Å². The highest BCUT2D eigenvalue weighted by atomic mass is 19.4. The molecule has 1 saturated carbocycles. The van der Waals surface area contributed by atoms with Crippen LogP contribution in [0.25, 0.3) is 0 Å². The molecule has 2 atom stereocenters. The van der Waals surface area contributed by atoms with E-state index in [2.05, 4.69) is 0 Å². The van der Waals surface area contributed by atoms with Crippen LogP contribution in [0.5, 0.6) is 0 Å². The first-order chi connectivity index (χ1) is 7.54. The quantitative estimate of drug-likeness (QED) is 0.746. The number of rotatable bonds is 4. The number of halogens is 5. The van der Waals surface area contributed by atoms with Crippen LogP contribution in [0.15, 0.2) is 0 Å². The first-order valence-electron chi connectivity index (χ1n) is 4.52. The van der Waals surface area contributed by atoms with Crippen molar-refractivity contribution in [2.75, 3.05) is 0 Å². The molecule has 17 heavy (non-hydrogen) atoms. The lowest BCUT2D eigenvalue weighted by Gasteiger charge is -2.15. The van der Waals surface area contributed by atoms with Crippen LogP contribution < -0.4 is 5.32 Å². The van der Waals surface area contributed by atoms with Crippen LogP contribution >= 0.6 is 0 Å². The molecule has 0 saturated heterocycles. The number of aliphatic carboxylic acids is 1. The summed E-state index contributed by atoms with van der Waals surface area (Å²) < 4.78 is 60.4. The third-order valence-corrected chi connectivity index (χ3v) is 2.34. The summed E-state index contributed by atoms with van der Waals surface area (Å²) in [5.41, 5.74) is 0. The van der Waals surface area contributed by atoms with E-state index in [1.807, 2.05) is 0 Å². The van der Waals surface area contributed by atoms with E-state index in [9.17, 15) is 31.5 Å². The lowest BCUT2D eigenvalue weighted by Crippen LogP contribution is -2.47. The van der Waals surface area contributed by atoms with Gasteiger partial charge in [0.1, 0.15) is 6.04 Å². The zero-order valence-corrected chi connectivity index (χ0v) is 8.22. The Balaban J connectivity index is 2.56. The maximum absolute atomic E-state index is 12.5. The van der Waals surface area contributed by atoms with E-state index in [-0.39, 0.29) is 0 Å². The summed E-state index contributed by atoms with van der Waals surface area (Å²) in [4.78, 5) is 21.0. The van der Waals surface area contributed by atoms with Crippen molar-refractivity contribution < 1.29 is 36.6 Å². The summed E-state index contributed by atoms with van der Waals surface area (Å²) in [6, 6.07) is -1.96. The van der Waals surface area contributed by atoms with Gasteiger partial charge in [-0.3, -0.25) is 4.79 Å². The van der Waals surface area contributed by atoms with Gasteiger partial charge in [-0.25, -0.2) is 13.6 Å². The summed E-state index contributed by atoms with van der Waals surface area (Å²) in [6.45, 7) is 0. The average Bonchev–Trinajstić information content (AvgIpc) is 2.70. The van der Waals surface area contributed by atoms with Crippen molar-refractivity contribution in [2.45, 2.75) is 31.0 Å². The van der Waals surface area contributed by atoms with Crippen LogP contribution in [-0.2, 0) is 9.59 Å². The van der Waals surface area contributed by atoms with Crippen molar-refractivity contribution in [3.8, 4) is 0 Å². The number of amides is 1. The second-order valence-corrected chi connectivity index (χ2v) is 3.76. The topological polar surface area (TPSA) is 66.4 Å². The molecule has 0 aromatic carbocycles. The van der Waals surface area contributed by atoms with Crippen LogP contribution in [-0.4, -0.2) is 35.1 Å². The van der Waals surface area contributed by atoms with Crippen LogP contribution in [0.4, 0.5) is 22.0 Å². The molecule has 0 aromatic heterocycles. The number of hydrogen-bond donors (Lipinski definition) is 2. The van der Waals surface area contributed by atoms with Gasteiger partial charge in [-0.2, -0.15) is 13.2 Å². The Morgan fingerprint density at radius 2 is 1.88 bits per heavy atom. The Hall–Kier alpha value is -1.41. The second kappa shape index (κ2) is 4.11. The normalized spacial score (nSPS) is 23.9. The number of hydrogen-bond acceptors (Lipinski definition) is 2. The Morgan fingerprint density at radius 3 is 2.18 bits per heavy atom. The highest BCUT2D eigenvalue weighted by molar-refractivity contribution is 5.86. The van der Waals surface area contributed by atoms with Gasteiger partial charge in [0.2, 0.25) is 0 Å². The van der Waals surface area contributed by atoms with Gasteiger partial charge >= 0.3 is 18.1 Å². The van der Waals surface area contributed by atoms with E-state index in [1.165, 1.54) is 5.32 Å². The van der Waals surface area contributed by atoms with Crippen molar-refractivity contribution in [3.05, 3.63) is 0 Å². The van der Waals surface area contributed by atoms with Gasteiger partial charge in [-0.1, -0.05) is 0 Å². The maximum atomic E-state index is 12.5. The monoisotopic (exact) mass is 261 g/mol. The smallest absolute Gasteiger partial charge is 0.471 e. The highest BCUT2D eigenvalue weighted by Gasteiger charge is 2.58. The number of carboxylic acids is 1. The molecule has 0 aromatic rings. The Bertz CT molecular complexity index is 341. The van der Waals surface area contributed by atoms with Gasteiger partial charge in [0.25, 0.3) is 5.92 Å². The molecule has 0 heterocycles. The molecule has 1 rings (SSSR count). The standard InChI is InChI=1S/C8H8F5NO3/c9-7(10)2-3(7)1-4(5(15)16)14-6(17)8(11,12)13/h3-4H,1-2H2,(H,14,17)(H,15,16)/t3?,4-/m1/s1. The average molecular weight is 261 g/mol. The van der Waals surface area contributed by atoms with Crippen LogP contribution in [0.3, 0.4) is 0 Å². The third-order valence-electron chi connectivity index (χ3n) is 2.34. The largest absolute Gasteiger partial charge is 0.480 e. The van der Waals surface area contributed by atoms with Gasteiger partial charge in [-0.15, -0.1) is 0 Å². The van der Waals surface area contributed by atoms with E-state index >= 15 is 0 Å². The molecule has 1 fully saturated rings. The molecule has 0 radical (unpaired) electrons. The summed E-state index contributed by atoms with van der Waals surface area (Å²) >= 11 is 0. The highest BCUT2D eigenvalue weighted by Crippen LogP contribution is 2.51.